The van der Waals surface area contributed by atoms with Gasteiger partial charge in [-0.2, -0.15) is 0 Å². The fourth-order valence-corrected chi connectivity index (χ4v) is 4.26. The number of aromatic nitrogens is 2. The fourth-order valence-electron chi connectivity index (χ4n) is 3.62. The van der Waals surface area contributed by atoms with Crippen LogP contribution in [0.1, 0.15) is 32.2 Å². The molecule has 1 N–H and O–H groups in total. The van der Waals surface area contributed by atoms with Crippen molar-refractivity contribution in [3.8, 4) is 5.75 Å². The number of anilines is 1. The number of nitrogens with one attached hydrogen (secondary N) is 1. The van der Waals surface area contributed by atoms with E-state index < -0.39 is 22.3 Å². The summed E-state index contributed by atoms with van der Waals surface area (Å²) in [7, 11) is -3.45. The average molecular weight is 505 g/mol. The monoisotopic (exact) mass is 504 g/mol. The lowest BCUT2D eigenvalue weighted by molar-refractivity contribution is 0.0370. The van der Waals surface area contributed by atoms with Gasteiger partial charge < -0.3 is 14.6 Å². The van der Waals surface area contributed by atoms with Gasteiger partial charge in [-0.15, -0.1) is 0 Å². The van der Waals surface area contributed by atoms with Crippen LogP contribution < -0.4 is 10.1 Å². The van der Waals surface area contributed by atoms with Crippen molar-refractivity contribution < 1.29 is 21.9 Å². The Morgan fingerprint density at radius 2 is 1.97 bits per heavy atom. The van der Waals surface area contributed by atoms with E-state index >= 15 is 0 Å². The number of aliphatic imine (C=N–C) groups is 1. The standard InChI is InChI=1S/C25H30F2N4O3S/c1-8-25(26,27)14-31-18(6)30-20-11-9-16(4)23(24(20)31)29-17(5)28-21-13-19(35(7,32)33)10-12-22(21)34-15(2)3/h8-13,15H,1,14H2,2-7H3,(H,28,29). The number of fused-ring (bicyclic) bond motifs is 1. The second-order valence-corrected chi connectivity index (χ2v) is 10.7. The molecule has 0 aliphatic carbocycles. The Kier molecular flexibility index (Phi) is 7.35. The Labute approximate surface area is 204 Å². The van der Waals surface area contributed by atoms with Gasteiger partial charge in [-0.3, -0.25) is 0 Å². The third-order valence-electron chi connectivity index (χ3n) is 5.28. The van der Waals surface area contributed by atoms with Crippen LogP contribution in [-0.2, 0) is 16.4 Å². The molecule has 0 saturated heterocycles. The van der Waals surface area contributed by atoms with E-state index in [9.17, 15) is 17.2 Å². The number of hydrogen-bond donors (Lipinski definition) is 1. The first-order valence-corrected chi connectivity index (χ1v) is 12.9. The number of ether oxygens (including phenoxy) is 1. The van der Waals surface area contributed by atoms with Gasteiger partial charge in [0.1, 0.15) is 17.4 Å². The molecular formula is C25H30F2N4O3S. The summed E-state index contributed by atoms with van der Waals surface area (Å²) in [5.74, 6) is -1.81. The number of rotatable bonds is 8. The van der Waals surface area contributed by atoms with Crippen molar-refractivity contribution in [2.75, 3.05) is 11.6 Å². The van der Waals surface area contributed by atoms with Gasteiger partial charge >= 0.3 is 0 Å². The zero-order chi connectivity index (χ0) is 26.1. The number of sulfone groups is 1. The molecule has 10 heteroatoms. The normalized spacial score (nSPS) is 12.9. The number of imidazole rings is 1. The van der Waals surface area contributed by atoms with Crippen LogP contribution in [0.5, 0.6) is 5.75 Å². The van der Waals surface area contributed by atoms with Crippen molar-refractivity contribution in [2.24, 2.45) is 4.99 Å². The summed E-state index contributed by atoms with van der Waals surface area (Å²) in [5, 5.41) is 3.12. The summed E-state index contributed by atoms with van der Waals surface area (Å²) in [6.45, 7) is 11.6. The number of halogens is 2. The molecule has 3 rings (SSSR count). The summed E-state index contributed by atoms with van der Waals surface area (Å²) < 4.78 is 59.9. The molecule has 3 aromatic rings. The molecule has 35 heavy (non-hydrogen) atoms. The summed E-state index contributed by atoms with van der Waals surface area (Å²) in [4.78, 5) is 9.25. The number of nitrogens with zero attached hydrogens (tertiary/aromatic N) is 3. The van der Waals surface area contributed by atoms with E-state index in [2.05, 4.69) is 16.9 Å². The van der Waals surface area contributed by atoms with E-state index in [1.807, 2.05) is 26.8 Å². The number of allylic oxidation sites excluding steroid dienone is 1. The van der Waals surface area contributed by atoms with Gasteiger partial charge in [-0.25, -0.2) is 27.2 Å². The second-order valence-electron chi connectivity index (χ2n) is 8.73. The number of amidine groups is 1. The smallest absolute Gasteiger partial charge is 0.283 e. The van der Waals surface area contributed by atoms with Crippen molar-refractivity contribution in [2.45, 2.75) is 58.1 Å². The highest BCUT2D eigenvalue weighted by Gasteiger charge is 2.28. The minimum absolute atomic E-state index is 0.127. The molecule has 0 aliphatic heterocycles. The Morgan fingerprint density at radius 3 is 2.57 bits per heavy atom. The Hall–Kier alpha value is -3.27. The highest BCUT2D eigenvalue weighted by atomic mass is 32.2. The van der Waals surface area contributed by atoms with Crippen LogP contribution >= 0.6 is 0 Å². The molecule has 0 radical (unpaired) electrons. The van der Waals surface area contributed by atoms with Crippen molar-refractivity contribution in [1.82, 2.24) is 9.55 Å². The maximum atomic E-state index is 14.2. The molecule has 0 bridgehead atoms. The molecule has 1 heterocycles. The van der Waals surface area contributed by atoms with Crippen LogP contribution in [0.4, 0.5) is 20.2 Å². The summed E-state index contributed by atoms with van der Waals surface area (Å²) in [6, 6.07) is 8.16. The predicted octanol–water partition coefficient (Wildman–Crippen LogP) is 5.83. The third kappa shape index (κ3) is 6.05. The number of aryl methyl sites for hydroxylation is 2. The van der Waals surface area contributed by atoms with Crippen molar-refractivity contribution in [3.63, 3.8) is 0 Å². The van der Waals surface area contributed by atoms with Crippen molar-refractivity contribution >= 4 is 38.1 Å². The van der Waals surface area contributed by atoms with Gasteiger partial charge in [-0.1, -0.05) is 12.6 Å². The summed E-state index contributed by atoms with van der Waals surface area (Å²) >= 11 is 0. The molecule has 0 atom stereocenters. The molecule has 0 spiro atoms. The van der Waals surface area contributed by atoms with E-state index in [1.54, 1.807) is 26.0 Å². The molecule has 0 unspecified atom stereocenters. The van der Waals surface area contributed by atoms with E-state index in [4.69, 9.17) is 9.73 Å². The SMILES string of the molecule is C=CC(F)(F)Cn1c(C)nc2ccc(C)c(N=C(C)Nc3cc(S(C)(=O)=O)ccc3OC(C)C)c21. The summed E-state index contributed by atoms with van der Waals surface area (Å²) in [6.07, 6.45) is 1.61. The molecule has 1 aromatic heterocycles. The van der Waals surface area contributed by atoms with Crippen molar-refractivity contribution in [1.29, 1.82) is 0 Å². The Bertz CT molecular complexity index is 1410. The molecule has 2 aromatic carbocycles. The molecule has 0 fully saturated rings. The molecule has 188 valence electrons. The highest BCUT2D eigenvalue weighted by molar-refractivity contribution is 7.90. The van der Waals surface area contributed by atoms with Gasteiger partial charge in [0.2, 0.25) is 0 Å². The first-order chi connectivity index (χ1) is 16.2. The van der Waals surface area contributed by atoms with Crippen LogP contribution in [0.15, 0.2) is 52.9 Å². The number of hydrogen-bond acceptors (Lipinski definition) is 5. The van der Waals surface area contributed by atoms with Gasteiger partial charge in [0.25, 0.3) is 5.92 Å². The van der Waals surface area contributed by atoms with E-state index in [0.29, 0.717) is 45.9 Å². The lowest BCUT2D eigenvalue weighted by Crippen LogP contribution is -2.21. The molecular weight excluding hydrogens is 474 g/mol. The largest absolute Gasteiger partial charge is 0.489 e. The molecule has 0 saturated carbocycles. The lowest BCUT2D eigenvalue weighted by Gasteiger charge is -2.17. The highest BCUT2D eigenvalue weighted by Crippen LogP contribution is 2.34. The van der Waals surface area contributed by atoms with E-state index in [1.165, 1.54) is 16.7 Å². The quantitative estimate of drug-likeness (QED) is 0.237. The van der Waals surface area contributed by atoms with Crippen LogP contribution in [-0.4, -0.2) is 42.1 Å². The summed E-state index contributed by atoms with van der Waals surface area (Å²) in [5.41, 5.74) is 2.70. The van der Waals surface area contributed by atoms with Gasteiger partial charge in [0, 0.05) is 6.26 Å². The van der Waals surface area contributed by atoms with E-state index in [0.717, 1.165) is 11.8 Å². The first kappa shape index (κ1) is 26.3. The topological polar surface area (TPSA) is 85.6 Å². The molecule has 0 aliphatic rings. The molecule has 7 nitrogen and oxygen atoms in total. The Balaban J connectivity index is 2.12. The minimum atomic E-state index is -3.45. The van der Waals surface area contributed by atoms with Gasteiger partial charge in [0.15, 0.2) is 9.84 Å². The van der Waals surface area contributed by atoms with Crippen LogP contribution in [0.2, 0.25) is 0 Å². The van der Waals surface area contributed by atoms with E-state index in [-0.39, 0.29) is 11.0 Å². The maximum absolute atomic E-state index is 14.2. The van der Waals surface area contributed by atoms with Crippen molar-refractivity contribution in [3.05, 3.63) is 54.4 Å². The Morgan fingerprint density at radius 1 is 1.29 bits per heavy atom. The van der Waals surface area contributed by atoms with Gasteiger partial charge in [-0.05, 0) is 70.5 Å². The fraction of sp³-hybridized carbons (Fsp3) is 0.360. The molecule has 0 amide bonds. The first-order valence-electron chi connectivity index (χ1n) is 11.0. The average Bonchev–Trinajstić information content (AvgIpc) is 3.05. The van der Waals surface area contributed by atoms with Crippen LogP contribution in [0.25, 0.3) is 11.0 Å². The number of benzene rings is 2. The minimum Gasteiger partial charge on any atom is -0.489 e. The van der Waals surface area contributed by atoms with Gasteiger partial charge in [0.05, 0.1) is 40.0 Å². The van der Waals surface area contributed by atoms with Crippen LogP contribution in [0, 0.1) is 13.8 Å². The zero-order valence-corrected chi connectivity index (χ0v) is 21.5. The lowest BCUT2D eigenvalue weighted by atomic mass is 10.1. The number of alkyl halides is 2. The second kappa shape index (κ2) is 9.77. The zero-order valence-electron chi connectivity index (χ0n) is 20.7. The van der Waals surface area contributed by atoms with Crippen LogP contribution in [0.3, 0.4) is 0 Å². The third-order valence-corrected chi connectivity index (χ3v) is 6.39. The predicted molar refractivity (Wildman–Crippen MR) is 136 cm³/mol. The maximum Gasteiger partial charge on any atom is 0.283 e.